The fourth-order valence-electron chi connectivity index (χ4n) is 3.22. The molecule has 10 heteroatoms. The molecule has 2 saturated heterocycles. The number of ether oxygens (including phenoxy) is 2. The van der Waals surface area contributed by atoms with Crippen molar-refractivity contribution in [2.24, 2.45) is 0 Å². The van der Waals surface area contributed by atoms with Crippen LogP contribution in [0.15, 0.2) is 53.4 Å². The second-order valence-electron chi connectivity index (χ2n) is 7.23. The highest BCUT2D eigenvalue weighted by molar-refractivity contribution is 8.18. The van der Waals surface area contributed by atoms with Crippen molar-refractivity contribution in [3.8, 4) is 5.75 Å². The summed E-state index contributed by atoms with van der Waals surface area (Å²) in [4.78, 5) is 52.2. The summed E-state index contributed by atoms with van der Waals surface area (Å²) in [5.41, 5.74) is 0.822. The van der Waals surface area contributed by atoms with Crippen LogP contribution in [0, 0.1) is 5.82 Å². The van der Waals surface area contributed by atoms with Crippen LogP contribution in [0.1, 0.15) is 15.9 Å². The average Bonchev–Trinajstić information content (AvgIpc) is 3.08. The number of rotatable bonds is 5. The van der Waals surface area contributed by atoms with Crippen molar-refractivity contribution in [1.82, 2.24) is 9.80 Å². The zero-order valence-corrected chi connectivity index (χ0v) is 18.2. The van der Waals surface area contributed by atoms with Crippen LogP contribution in [0.5, 0.6) is 5.75 Å². The zero-order valence-electron chi connectivity index (χ0n) is 17.4. The van der Waals surface area contributed by atoms with Crippen molar-refractivity contribution in [2.45, 2.75) is 0 Å². The predicted molar refractivity (Wildman–Crippen MR) is 118 cm³/mol. The van der Waals surface area contributed by atoms with E-state index >= 15 is 0 Å². The van der Waals surface area contributed by atoms with Crippen LogP contribution in [0.3, 0.4) is 0 Å². The van der Waals surface area contributed by atoms with Gasteiger partial charge < -0.3 is 14.4 Å². The van der Waals surface area contributed by atoms with Gasteiger partial charge in [-0.2, -0.15) is 0 Å². The van der Waals surface area contributed by atoms with E-state index in [1.54, 1.807) is 29.2 Å². The number of imide groups is 1. The molecular formula is C23H19FN2O6S. The molecule has 2 heterocycles. The molecule has 0 radical (unpaired) electrons. The molecule has 0 saturated carbocycles. The molecule has 0 N–H and O–H groups in total. The molecule has 2 aliphatic heterocycles. The summed E-state index contributed by atoms with van der Waals surface area (Å²) in [5, 5.41) is -0.502. The molecular weight excluding hydrogens is 451 g/mol. The molecule has 170 valence electrons. The van der Waals surface area contributed by atoms with Crippen molar-refractivity contribution >= 4 is 40.9 Å². The summed E-state index contributed by atoms with van der Waals surface area (Å²) >= 11 is 0.766. The Kier molecular flexibility index (Phi) is 6.85. The quantitative estimate of drug-likeness (QED) is 0.377. The lowest BCUT2D eigenvalue weighted by Crippen LogP contribution is -2.46. The molecule has 8 nitrogen and oxygen atoms in total. The standard InChI is InChI=1S/C23H19FN2O6S/c24-17-5-3-16(4-6-17)22(29)32-18-7-1-15(2-8-18)13-19-21(28)26(23(30)33-19)14-20(27)25-9-11-31-12-10-25/h1-8,13H,9-12,14H2/b19-13-. The number of nitrogens with zero attached hydrogens (tertiary/aromatic N) is 2. The van der Waals surface area contributed by atoms with Crippen LogP contribution >= 0.6 is 11.8 Å². The number of thioether (sulfide) groups is 1. The summed E-state index contributed by atoms with van der Waals surface area (Å²) < 4.78 is 23.4. The molecule has 2 aliphatic rings. The van der Waals surface area contributed by atoms with Gasteiger partial charge in [0.05, 0.1) is 23.7 Å². The van der Waals surface area contributed by atoms with Crippen LogP contribution in [0.25, 0.3) is 6.08 Å². The van der Waals surface area contributed by atoms with Gasteiger partial charge in [0.15, 0.2) is 0 Å². The van der Waals surface area contributed by atoms with Crippen LogP contribution < -0.4 is 4.74 Å². The first-order chi connectivity index (χ1) is 15.9. The van der Waals surface area contributed by atoms with Gasteiger partial charge in [-0.3, -0.25) is 19.3 Å². The summed E-state index contributed by atoms with van der Waals surface area (Å²) in [7, 11) is 0. The largest absolute Gasteiger partial charge is 0.423 e. The first-order valence-corrected chi connectivity index (χ1v) is 10.9. The van der Waals surface area contributed by atoms with Gasteiger partial charge in [0.25, 0.3) is 11.1 Å². The molecule has 2 fully saturated rings. The Morgan fingerprint density at radius 3 is 2.36 bits per heavy atom. The Balaban J connectivity index is 1.38. The highest BCUT2D eigenvalue weighted by atomic mass is 32.2. The number of hydrogen-bond donors (Lipinski definition) is 0. The van der Waals surface area contributed by atoms with Gasteiger partial charge in [-0.05, 0) is 59.8 Å². The molecule has 0 aliphatic carbocycles. The third-order valence-corrected chi connectivity index (χ3v) is 5.91. The molecule has 4 rings (SSSR count). The monoisotopic (exact) mass is 470 g/mol. The average molecular weight is 470 g/mol. The minimum atomic E-state index is -0.631. The second-order valence-corrected chi connectivity index (χ2v) is 8.22. The van der Waals surface area contributed by atoms with Gasteiger partial charge in [0, 0.05) is 13.1 Å². The lowest BCUT2D eigenvalue weighted by molar-refractivity contribution is -0.139. The third-order valence-electron chi connectivity index (χ3n) is 5.00. The molecule has 0 spiro atoms. The second kappa shape index (κ2) is 9.97. The van der Waals surface area contributed by atoms with Crippen molar-refractivity contribution in [2.75, 3.05) is 32.8 Å². The van der Waals surface area contributed by atoms with Gasteiger partial charge in [0.1, 0.15) is 18.1 Å². The van der Waals surface area contributed by atoms with E-state index in [1.165, 1.54) is 30.3 Å². The lowest BCUT2D eigenvalue weighted by atomic mass is 10.2. The first-order valence-electron chi connectivity index (χ1n) is 10.1. The van der Waals surface area contributed by atoms with E-state index in [-0.39, 0.29) is 28.7 Å². The maximum atomic E-state index is 13.0. The number of benzene rings is 2. The third kappa shape index (κ3) is 5.47. The normalized spacial score (nSPS) is 17.5. The molecule has 0 atom stereocenters. The minimum absolute atomic E-state index is 0.200. The SMILES string of the molecule is O=C(Oc1ccc(/C=C2\SC(=O)N(CC(=O)N3CCOCC3)C2=O)cc1)c1ccc(F)cc1. The molecule has 3 amide bonds. The van der Waals surface area contributed by atoms with Crippen molar-refractivity contribution in [3.05, 3.63) is 70.4 Å². The maximum Gasteiger partial charge on any atom is 0.343 e. The van der Waals surface area contributed by atoms with Crippen molar-refractivity contribution < 1.29 is 33.0 Å². The van der Waals surface area contributed by atoms with Gasteiger partial charge >= 0.3 is 5.97 Å². The fraction of sp³-hybridized carbons (Fsp3) is 0.217. The smallest absolute Gasteiger partial charge is 0.343 e. The van der Waals surface area contributed by atoms with E-state index in [9.17, 15) is 23.6 Å². The molecule has 2 aromatic rings. The molecule has 0 aromatic heterocycles. The lowest BCUT2D eigenvalue weighted by Gasteiger charge is -2.28. The fourth-order valence-corrected chi connectivity index (χ4v) is 4.06. The number of esters is 1. The van der Waals surface area contributed by atoms with E-state index in [1.807, 2.05) is 0 Å². The summed E-state index contributed by atoms with van der Waals surface area (Å²) in [6.07, 6.45) is 1.54. The highest BCUT2D eigenvalue weighted by Crippen LogP contribution is 2.32. The number of morpholine rings is 1. The minimum Gasteiger partial charge on any atom is -0.423 e. The molecule has 2 aromatic carbocycles. The van der Waals surface area contributed by atoms with Gasteiger partial charge in [-0.25, -0.2) is 9.18 Å². The molecule has 0 bridgehead atoms. The van der Waals surface area contributed by atoms with Crippen molar-refractivity contribution in [1.29, 1.82) is 0 Å². The Bertz CT molecular complexity index is 1110. The van der Waals surface area contributed by atoms with E-state index in [2.05, 4.69) is 0 Å². The number of amides is 3. The molecule has 33 heavy (non-hydrogen) atoms. The van der Waals surface area contributed by atoms with Gasteiger partial charge in [-0.1, -0.05) is 12.1 Å². The van der Waals surface area contributed by atoms with E-state index in [0.29, 0.717) is 31.9 Å². The topological polar surface area (TPSA) is 93.2 Å². The van der Waals surface area contributed by atoms with Gasteiger partial charge in [0.2, 0.25) is 5.91 Å². The summed E-state index contributed by atoms with van der Waals surface area (Å²) in [6.45, 7) is 1.43. The maximum absolute atomic E-state index is 13.0. The zero-order chi connectivity index (χ0) is 23.4. The Labute approximate surface area is 192 Å². The summed E-state index contributed by atoms with van der Waals surface area (Å²) in [5.74, 6) is -1.64. The van der Waals surface area contributed by atoms with E-state index in [4.69, 9.17) is 9.47 Å². The predicted octanol–water partition coefficient (Wildman–Crippen LogP) is 2.94. The molecule has 0 unspecified atom stereocenters. The van der Waals surface area contributed by atoms with Crippen LogP contribution in [0.4, 0.5) is 9.18 Å². The van der Waals surface area contributed by atoms with E-state index < -0.39 is 22.9 Å². The van der Waals surface area contributed by atoms with Crippen molar-refractivity contribution in [3.63, 3.8) is 0 Å². The van der Waals surface area contributed by atoms with E-state index in [0.717, 1.165) is 16.7 Å². The van der Waals surface area contributed by atoms with Crippen LogP contribution in [-0.2, 0) is 14.3 Å². The number of halogens is 1. The number of carbonyl (C=O) groups is 4. The summed E-state index contributed by atoms with van der Waals surface area (Å²) in [6, 6.07) is 11.3. The van der Waals surface area contributed by atoms with Gasteiger partial charge in [-0.15, -0.1) is 0 Å². The van der Waals surface area contributed by atoms with Crippen LogP contribution in [-0.4, -0.2) is 65.7 Å². The Hall–Kier alpha value is -3.50. The highest BCUT2D eigenvalue weighted by Gasteiger charge is 2.37. The first kappa shape index (κ1) is 22.7. The number of hydrogen-bond acceptors (Lipinski definition) is 7. The Morgan fingerprint density at radius 2 is 1.70 bits per heavy atom. The Morgan fingerprint density at radius 1 is 1.03 bits per heavy atom. The number of carbonyl (C=O) groups excluding carboxylic acids is 4. The van der Waals surface area contributed by atoms with Crippen LogP contribution in [0.2, 0.25) is 0 Å².